The van der Waals surface area contributed by atoms with E-state index in [9.17, 15) is 0 Å². The molecule has 0 N–H and O–H groups in total. The fourth-order valence-electron chi connectivity index (χ4n) is 2.80. The van der Waals surface area contributed by atoms with Crippen LogP contribution in [0.2, 0.25) is 0 Å². The quantitative estimate of drug-likeness (QED) is 0.370. The number of fused-ring (bicyclic) bond motifs is 3. The first kappa shape index (κ1) is 17.9. The van der Waals surface area contributed by atoms with Gasteiger partial charge < -0.3 is 9.30 Å². The van der Waals surface area contributed by atoms with Crippen molar-refractivity contribution < 1.29 is 4.74 Å². The minimum absolute atomic E-state index is 0.378. The maximum atomic E-state index is 5.42. The monoisotopic (exact) mass is 570 g/mol. The number of aryl methyl sites for hydroxylation is 1. The third kappa shape index (κ3) is 3.87. The van der Waals surface area contributed by atoms with Gasteiger partial charge in [0, 0.05) is 17.4 Å². The van der Waals surface area contributed by atoms with Crippen LogP contribution in [0.25, 0.3) is 11.4 Å². The summed E-state index contributed by atoms with van der Waals surface area (Å²) in [7, 11) is 0. The summed E-state index contributed by atoms with van der Waals surface area (Å²) >= 11 is 11.6. The Bertz CT molecular complexity index is 733. The molecule has 0 aliphatic carbocycles. The Morgan fingerprint density at radius 3 is 3.00 bits per heavy atom. The number of rotatable bonds is 3. The molecule has 1 aromatic heterocycles. The lowest BCUT2D eigenvalue weighted by Gasteiger charge is -2.19. The van der Waals surface area contributed by atoms with Gasteiger partial charge in [-0.15, -0.1) is 0 Å². The fraction of sp³-hybridized carbons (Fsp3) is 0.375. The molecule has 0 fully saturated rings. The molecule has 3 nitrogen and oxygen atoms in total. The number of hydrogen-bond acceptors (Lipinski definition) is 4. The van der Waals surface area contributed by atoms with Crippen molar-refractivity contribution in [2.24, 2.45) is 0 Å². The molecule has 7 heteroatoms. The van der Waals surface area contributed by atoms with Crippen LogP contribution in [-0.4, -0.2) is 26.3 Å². The summed E-state index contributed by atoms with van der Waals surface area (Å²) in [5, 5.41) is 0. The van der Waals surface area contributed by atoms with Crippen LogP contribution in [0.4, 0.5) is 0 Å². The first-order chi connectivity index (χ1) is 11.1. The number of thiocarbonyl (C=S) groups is 1. The Labute approximate surface area is 173 Å². The second-order valence-electron chi connectivity index (χ2n) is 5.23. The summed E-state index contributed by atoms with van der Waals surface area (Å²) in [5.74, 6) is 2.00. The maximum Gasteiger partial charge on any atom is 0.220 e. The zero-order chi connectivity index (χ0) is 16.4. The summed E-state index contributed by atoms with van der Waals surface area (Å²) in [6.07, 6.45) is 2.16. The molecule has 0 saturated carbocycles. The highest BCUT2D eigenvalue weighted by Crippen LogP contribution is 2.37. The molecule has 3 rings (SSSR count). The van der Waals surface area contributed by atoms with Crippen LogP contribution in [0, 0.1) is 7.40 Å². The van der Waals surface area contributed by atoms with E-state index >= 15 is 0 Å². The van der Waals surface area contributed by atoms with Crippen LogP contribution in [-0.2, 0) is 11.2 Å². The van der Waals surface area contributed by atoms with Gasteiger partial charge in [0.25, 0.3) is 0 Å². The van der Waals surface area contributed by atoms with Crippen molar-refractivity contribution in [3.63, 3.8) is 0 Å². The highest BCUT2D eigenvalue weighted by atomic mass is 127. The normalized spacial score (nSPS) is 16.4. The van der Waals surface area contributed by atoms with Gasteiger partial charge in [-0.2, -0.15) is 0 Å². The van der Waals surface area contributed by atoms with Gasteiger partial charge in [-0.3, -0.25) is 0 Å². The van der Waals surface area contributed by atoms with Crippen molar-refractivity contribution in [3.8, 4) is 11.4 Å². The van der Waals surface area contributed by atoms with Gasteiger partial charge in [-0.05, 0) is 82.7 Å². The van der Waals surface area contributed by atoms with Crippen molar-refractivity contribution >= 4 is 73.5 Å². The number of imidazole rings is 1. The summed E-state index contributed by atoms with van der Waals surface area (Å²) < 4.78 is 10.7. The van der Waals surface area contributed by atoms with Crippen molar-refractivity contribution in [1.29, 1.82) is 0 Å². The summed E-state index contributed by atoms with van der Waals surface area (Å²) in [5.41, 5.74) is 2.64. The Morgan fingerprint density at radius 1 is 1.43 bits per heavy atom. The lowest BCUT2D eigenvalue weighted by atomic mass is 10.0. The molecule has 1 aliphatic rings. The van der Waals surface area contributed by atoms with Gasteiger partial charge in [-0.25, -0.2) is 4.98 Å². The summed E-state index contributed by atoms with van der Waals surface area (Å²) in [6.45, 7) is 2.60. The van der Waals surface area contributed by atoms with Gasteiger partial charge in [-0.1, -0.05) is 36.0 Å². The molecular formula is C16H16I2N2OS2. The number of benzene rings is 1. The largest absolute Gasteiger partial charge is 0.479 e. The van der Waals surface area contributed by atoms with Crippen LogP contribution >= 0.6 is 69.2 Å². The van der Waals surface area contributed by atoms with Crippen LogP contribution in [0.3, 0.4) is 0 Å². The Hall–Kier alpha value is 0.130. The van der Waals surface area contributed by atoms with Gasteiger partial charge in [0.2, 0.25) is 4.38 Å². The average Bonchev–Trinajstić information content (AvgIpc) is 2.75. The second-order valence-corrected chi connectivity index (χ2v) is 8.90. The minimum atomic E-state index is 0.378. The van der Waals surface area contributed by atoms with Crippen molar-refractivity contribution in [2.45, 2.75) is 25.8 Å². The number of aromatic nitrogens is 2. The van der Waals surface area contributed by atoms with Crippen LogP contribution in [0.5, 0.6) is 0 Å². The van der Waals surface area contributed by atoms with E-state index in [1.54, 1.807) is 11.8 Å². The molecule has 2 aromatic rings. The maximum absolute atomic E-state index is 5.42. The highest BCUT2D eigenvalue weighted by molar-refractivity contribution is 14.1. The predicted octanol–water partition coefficient (Wildman–Crippen LogP) is 5.30. The predicted molar refractivity (Wildman–Crippen MR) is 117 cm³/mol. The molecule has 122 valence electrons. The number of nitrogens with zero attached hydrogens (tertiary/aromatic N) is 2. The van der Waals surface area contributed by atoms with E-state index < -0.39 is 0 Å². The number of thioether (sulfide) groups is 1. The fourth-order valence-corrected chi connectivity index (χ4v) is 5.20. The SMILES string of the molecule is CCOC(=S)SCC1CCc2ccccc2-c2nc(I)c(I)n21. The lowest BCUT2D eigenvalue weighted by molar-refractivity contribution is 0.346. The number of ether oxygens (including phenoxy) is 1. The number of hydrogen-bond donors (Lipinski definition) is 0. The van der Waals surface area contributed by atoms with Gasteiger partial charge >= 0.3 is 0 Å². The lowest BCUT2D eigenvalue weighted by Crippen LogP contribution is -2.15. The van der Waals surface area contributed by atoms with Crippen molar-refractivity contribution in [1.82, 2.24) is 9.55 Å². The van der Waals surface area contributed by atoms with Gasteiger partial charge in [0.15, 0.2) is 0 Å². The second kappa shape index (κ2) is 8.01. The first-order valence-corrected chi connectivity index (χ1v) is 11.0. The van der Waals surface area contributed by atoms with E-state index in [0.717, 1.165) is 28.1 Å². The highest BCUT2D eigenvalue weighted by Gasteiger charge is 2.27. The average molecular weight is 570 g/mol. The Morgan fingerprint density at radius 2 is 2.22 bits per heavy atom. The van der Waals surface area contributed by atoms with Gasteiger partial charge in [0.05, 0.1) is 6.61 Å². The molecular weight excluding hydrogens is 554 g/mol. The molecule has 1 aromatic carbocycles. The standard InChI is InChI=1S/C16H16I2N2OS2/c1-2-21-16(22)23-9-11-8-7-10-5-3-4-6-12(10)15-19-13(17)14(18)20(11)15/h3-6,11H,2,7-9H2,1H3. The molecule has 1 unspecified atom stereocenters. The molecule has 1 atom stereocenters. The minimum Gasteiger partial charge on any atom is -0.479 e. The van der Waals surface area contributed by atoms with Gasteiger partial charge in [0.1, 0.15) is 13.2 Å². The summed E-state index contributed by atoms with van der Waals surface area (Å²) in [6, 6.07) is 8.98. The zero-order valence-corrected chi connectivity index (χ0v) is 18.5. The number of halogens is 2. The molecule has 0 saturated heterocycles. The van der Waals surface area contributed by atoms with Crippen molar-refractivity contribution in [2.75, 3.05) is 12.4 Å². The molecule has 23 heavy (non-hydrogen) atoms. The smallest absolute Gasteiger partial charge is 0.220 e. The van der Waals surface area contributed by atoms with Crippen LogP contribution < -0.4 is 0 Å². The Balaban J connectivity index is 1.95. The van der Waals surface area contributed by atoms with E-state index in [2.05, 4.69) is 74.0 Å². The molecule has 2 heterocycles. The van der Waals surface area contributed by atoms with E-state index in [0.29, 0.717) is 17.0 Å². The first-order valence-electron chi connectivity index (χ1n) is 7.42. The molecule has 1 aliphatic heterocycles. The van der Waals surface area contributed by atoms with E-state index in [1.807, 2.05) is 6.92 Å². The molecule has 0 bridgehead atoms. The van der Waals surface area contributed by atoms with E-state index in [1.165, 1.54) is 14.8 Å². The van der Waals surface area contributed by atoms with Crippen LogP contribution in [0.1, 0.15) is 24.9 Å². The zero-order valence-electron chi connectivity index (χ0n) is 12.6. The topological polar surface area (TPSA) is 27.1 Å². The third-order valence-corrected chi connectivity index (χ3v) is 8.03. The molecule has 0 radical (unpaired) electrons. The molecule has 0 spiro atoms. The van der Waals surface area contributed by atoms with Crippen LogP contribution in [0.15, 0.2) is 24.3 Å². The van der Waals surface area contributed by atoms with E-state index in [-0.39, 0.29) is 0 Å². The molecule has 0 amide bonds. The van der Waals surface area contributed by atoms with E-state index in [4.69, 9.17) is 21.9 Å². The summed E-state index contributed by atoms with van der Waals surface area (Å²) in [4.78, 5) is 4.83. The van der Waals surface area contributed by atoms with Crippen molar-refractivity contribution in [3.05, 3.63) is 37.2 Å². The Kier molecular flexibility index (Phi) is 6.24. The third-order valence-electron chi connectivity index (χ3n) is 3.84.